The van der Waals surface area contributed by atoms with Crippen molar-refractivity contribution in [2.75, 3.05) is 26.2 Å². The van der Waals surface area contributed by atoms with Gasteiger partial charge in [0.25, 0.3) is 5.91 Å². The lowest BCUT2D eigenvalue weighted by atomic mass is 9.76. The van der Waals surface area contributed by atoms with Crippen molar-refractivity contribution < 1.29 is 9.59 Å². The molecular formula is C27H36ClN5O2. The zero-order valence-electron chi connectivity index (χ0n) is 20.9. The molecule has 2 amide bonds. The van der Waals surface area contributed by atoms with E-state index in [9.17, 15) is 9.59 Å². The number of piperazine rings is 1. The first-order valence-electron chi connectivity index (χ1n) is 13.0. The average molecular weight is 498 g/mol. The summed E-state index contributed by atoms with van der Waals surface area (Å²) in [4.78, 5) is 34.3. The van der Waals surface area contributed by atoms with E-state index in [1.54, 1.807) is 0 Å². The quantitative estimate of drug-likeness (QED) is 0.673. The summed E-state index contributed by atoms with van der Waals surface area (Å²) in [5.41, 5.74) is 8.15. The highest BCUT2D eigenvalue weighted by Gasteiger charge is 2.43. The van der Waals surface area contributed by atoms with Gasteiger partial charge >= 0.3 is 0 Å². The molecule has 2 fully saturated rings. The van der Waals surface area contributed by atoms with E-state index in [1.165, 1.54) is 12.8 Å². The minimum Gasteiger partial charge on any atom is -0.338 e. The van der Waals surface area contributed by atoms with Gasteiger partial charge in [0.1, 0.15) is 16.7 Å². The fraction of sp³-hybridized carbons (Fsp3) is 0.593. The first-order chi connectivity index (χ1) is 16.7. The predicted octanol–water partition coefficient (Wildman–Crippen LogP) is 4.12. The fourth-order valence-corrected chi connectivity index (χ4v) is 6.15. The van der Waals surface area contributed by atoms with Crippen LogP contribution >= 0.6 is 11.6 Å². The van der Waals surface area contributed by atoms with Crippen LogP contribution in [0.2, 0.25) is 5.15 Å². The molecule has 2 N–H and O–H groups in total. The summed E-state index contributed by atoms with van der Waals surface area (Å²) < 4.78 is 2.17. The van der Waals surface area contributed by atoms with E-state index in [1.807, 2.05) is 34.1 Å². The topological polar surface area (TPSA) is 84.5 Å². The number of halogens is 1. The largest absolute Gasteiger partial charge is 0.338 e. The number of imidazole rings is 1. The Morgan fingerprint density at radius 1 is 1.06 bits per heavy atom. The molecule has 8 heteroatoms. The molecule has 5 rings (SSSR count). The number of aryl methyl sites for hydroxylation is 1. The Balaban J connectivity index is 1.24. The maximum Gasteiger partial charge on any atom is 0.253 e. The van der Waals surface area contributed by atoms with Crippen molar-refractivity contribution in [1.82, 2.24) is 19.4 Å². The third-order valence-corrected chi connectivity index (χ3v) is 8.64. The van der Waals surface area contributed by atoms with E-state index >= 15 is 0 Å². The van der Waals surface area contributed by atoms with Crippen LogP contribution in [0, 0.1) is 5.41 Å². The van der Waals surface area contributed by atoms with Gasteiger partial charge in [-0.15, -0.1) is 0 Å². The Bertz CT molecular complexity index is 1120. The summed E-state index contributed by atoms with van der Waals surface area (Å²) in [5.74, 6) is 1.07. The second-order valence-electron chi connectivity index (χ2n) is 11.0. The van der Waals surface area contributed by atoms with Crippen molar-refractivity contribution in [3.63, 3.8) is 0 Å². The van der Waals surface area contributed by atoms with Gasteiger partial charge in [-0.25, -0.2) is 4.98 Å². The number of aromatic nitrogens is 2. The molecule has 1 atom stereocenters. The molecule has 35 heavy (non-hydrogen) atoms. The molecule has 1 aromatic heterocycles. The van der Waals surface area contributed by atoms with E-state index in [-0.39, 0.29) is 17.2 Å². The molecule has 0 spiro atoms. The molecule has 3 heterocycles. The molecule has 0 bridgehead atoms. The van der Waals surface area contributed by atoms with Gasteiger partial charge in [0, 0.05) is 50.3 Å². The average Bonchev–Trinajstić information content (AvgIpc) is 3.17. The van der Waals surface area contributed by atoms with Crippen LogP contribution in [0.25, 0.3) is 11.3 Å². The third-order valence-electron chi connectivity index (χ3n) is 8.26. The van der Waals surface area contributed by atoms with E-state index in [0.717, 1.165) is 55.7 Å². The van der Waals surface area contributed by atoms with Crippen molar-refractivity contribution in [2.45, 2.75) is 70.9 Å². The molecule has 1 aliphatic carbocycles. The molecule has 188 valence electrons. The number of rotatable bonds is 5. The van der Waals surface area contributed by atoms with Gasteiger partial charge in [-0.3, -0.25) is 9.59 Å². The summed E-state index contributed by atoms with van der Waals surface area (Å²) >= 11 is 6.80. The third kappa shape index (κ3) is 4.49. The zero-order chi connectivity index (χ0) is 24.8. The Morgan fingerprint density at radius 3 is 2.31 bits per heavy atom. The normalized spacial score (nSPS) is 23.5. The van der Waals surface area contributed by atoms with Gasteiger partial charge in [0.15, 0.2) is 0 Å². The molecule has 0 radical (unpaired) electrons. The molecule has 1 saturated heterocycles. The second-order valence-corrected chi connectivity index (χ2v) is 11.3. The van der Waals surface area contributed by atoms with Crippen LogP contribution in [-0.2, 0) is 17.8 Å². The van der Waals surface area contributed by atoms with Crippen molar-refractivity contribution in [2.24, 2.45) is 11.1 Å². The summed E-state index contributed by atoms with van der Waals surface area (Å²) in [7, 11) is 0. The minimum atomic E-state index is -0.676. The minimum absolute atomic E-state index is 0.0136. The maximum atomic E-state index is 13.1. The van der Waals surface area contributed by atoms with Gasteiger partial charge in [0.2, 0.25) is 5.91 Å². The number of benzene rings is 1. The summed E-state index contributed by atoms with van der Waals surface area (Å²) in [5, 5.41) is 0.686. The number of hydrogen-bond donors (Lipinski definition) is 1. The Hall–Kier alpha value is -2.38. The fourth-order valence-electron chi connectivity index (χ4n) is 5.85. The molecule has 1 saturated carbocycles. The van der Waals surface area contributed by atoms with Gasteiger partial charge < -0.3 is 20.1 Å². The highest BCUT2D eigenvalue weighted by atomic mass is 35.5. The maximum absolute atomic E-state index is 13.1. The van der Waals surface area contributed by atoms with Crippen LogP contribution < -0.4 is 5.73 Å². The molecule has 3 aliphatic rings. The standard InChI is InChI=1S/C27H36ClN5O2/c1-3-10-26(2)13-9-21-30-22(23(28)33(21)18-26)19-5-7-20(8-6-19)24(34)31-14-16-32(17-15-31)25(35)27(29)11-4-12-27/h5-8H,3-4,9-18,29H2,1-2H3. The number of hydrogen-bond acceptors (Lipinski definition) is 4. The second kappa shape index (κ2) is 9.25. The SMILES string of the molecule is CCCC1(C)CCc2nc(-c3ccc(C(=O)N4CCN(C(=O)C5(N)CCC5)CC4)cc3)c(Cl)n2C1. The number of fused-ring (bicyclic) bond motifs is 1. The highest BCUT2D eigenvalue weighted by molar-refractivity contribution is 6.32. The summed E-state index contributed by atoms with van der Waals surface area (Å²) in [6.45, 7) is 7.60. The van der Waals surface area contributed by atoms with Crippen LogP contribution in [0.5, 0.6) is 0 Å². The molecule has 7 nitrogen and oxygen atoms in total. The molecule has 1 aromatic carbocycles. The lowest BCUT2D eigenvalue weighted by molar-refractivity contribution is -0.141. The lowest BCUT2D eigenvalue weighted by Gasteiger charge is -2.43. The van der Waals surface area contributed by atoms with Crippen LogP contribution in [0.4, 0.5) is 0 Å². The van der Waals surface area contributed by atoms with Gasteiger partial charge in [-0.2, -0.15) is 0 Å². The summed E-state index contributed by atoms with van der Waals surface area (Å²) in [6, 6.07) is 7.59. The number of nitrogens with zero attached hydrogens (tertiary/aromatic N) is 4. The van der Waals surface area contributed by atoms with Crippen molar-refractivity contribution in [3.05, 3.63) is 40.8 Å². The van der Waals surface area contributed by atoms with Gasteiger partial charge in [0.05, 0.1) is 5.54 Å². The van der Waals surface area contributed by atoms with Crippen LogP contribution in [0.3, 0.4) is 0 Å². The molecule has 2 aliphatic heterocycles. The van der Waals surface area contributed by atoms with E-state index < -0.39 is 5.54 Å². The smallest absolute Gasteiger partial charge is 0.253 e. The van der Waals surface area contributed by atoms with E-state index in [2.05, 4.69) is 18.4 Å². The lowest BCUT2D eigenvalue weighted by Crippen LogP contribution is -2.62. The van der Waals surface area contributed by atoms with Crippen molar-refractivity contribution in [3.8, 4) is 11.3 Å². The number of amides is 2. The number of carbonyl (C=O) groups excluding carboxylic acids is 2. The van der Waals surface area contributed by atoms with Crippen LogP contribution in [-0.4, -0.2) is 62.9 Å². The molecular weight excluding hydrogens is 462 g/mol. The molecule has 1 unspecified atom stereocenters. The Kier molecular flexibility index (Phi) is 6.43. The molecule has 2 aromatic rings. The Labute approximate surface area is 212 Å². The summed E-state index contributed by atoms with van der Waals surface area (Å²) in [6.07, 6.45) is 6.96. The number of carbonyl (C=O) groups is 2. The van der Waals surface area contributed by atoms with Gasteiger partial charge in [-0.1, -0.05) is 44.0 Å². The first kappa shape index (κ1) is 24.3. The van der Waals surface area contributed by atoms with Crippen LogP contribution in [0.15, 0.2) is 24.3 Å². The zero-order valence-corrected chi connectivity index (χ0v) is 21.6. The monoisotopic (exact) mass is 497 g/mol. The van der Waals surface area contributed by atoms with Crippen molar-refractivity contribution in [1.29, 1.82) is 0 Å². The van der Waals surface area contributed by atoms with Crippen LogP contribution in [0.1, 0.15) is 68.6 Å². The predicted molar refractivity (Wildman–Crippen MR) is 137 cm³/mol. The Morgan fingerprint density at radius 2 is 1.71 bits per heavy atom. The number of nitrogens with two attached hydrogens (primary N) is 1. The van der Waals surface area contributed by atoms with E-state index in [0.29, 0.717) is 36.9 Å². The van der Waals surface area contributed by atoms with Gasteiger partial charge in [-0.05, 0) is 49.7 Å². The van der Waals surface area contributed by atoms with Crippen molar-refractivity contribution >= 4 is 23.4 Å². The first-order valence-corrected chi connectivity index (χ1v) is 13.3. The highest BCUT2D eigenvalue weighted by Crippen LogP contribution is 2.40. The van der Waals surface area contributed by atoms with E-state index in [4.69, 9.17) is 22.3 Å².